The van der Waals surface area contributed by atoms with E-state index >= 15 is 0 Å². The molecule has 114 valence electrons. The van der Waals surface area contributed by atoms with E-state index in [4.69, 9.17) is 0 Å². The van der Waals surface area contributed by atoms with Gasteiger partial charge in [-0.2, -0.15) is 0 Å². The summed E-state index contributed by atoms with van der Waals surface area (Å²) < 4.78 is 0. The Hall–Kier alpha value is -1.88. The van der Waals surface area contributed by atoms with Crippen molar-refractivity contribution in [3.8, 4) is 0 Å². The normalized spacial score (nSPS) is 17.2. The second-order valence-electron chi connectivity index (χ2n) is 5.35. The molecule has 0 bridgehead atoms. The third-order valence-electron chi connectivity index (χ3n) is 3.71. The van der Waals surface area contributed by atoms with E-state index in [2.05, 4.69) is 0 Å². The quantitative estimate of drug-likeness (QED) is 0.856. The van der Waals surface area contributed by atoms with Crippen molar-refractivity contribution >= 4 is 11.8 Å². The maximum absolute atomic E-state index is 12.0. The van der Waals surface area contributed by atoms with E-state index in [0.717, 1.165) is 12.0 Å². The first-order valence-corrected chi connectivity index (χ1v) is 7.40. The van der Waals surface area contributed by atoms with Crippen LogP contribution in [0.4, 0.5) is 0 Å². The van der Waals surface area contributed by atoms with Gasteiger partial charge in [0.15, 0.2) is 0 Å². The lowest BCUT2D eigenvalue weighted by atomic mass is 10.1. The van der Waals surface area contributed by atoms with E-state index in [-0.39, 0.29) is 24.9 Å². The second-order valence-corrected chi connectivity index (χ2v) is 5.35. The van der Waals surface area contributed by atoms with Crippen LogP contribution in [0.3, 0.4) is 0 Å². The minimum absolute atomic E-state index is 0.00866. The van der Waals surface area contributed by atoms with Crippen molar-refractivity contribution in [2.45, 2.75) is 25.9 Å². The van der Waals surface area contributed by atoms with Crippen LogP contribution in [-0.2, 0) is 9.59 Å². The topological polar surface area (TPSA) is 60.9 Å². The van der Waals surface area contributed by atoms with Gasteiger partial charge in [0.25, 0.3) is 0 Å². The highest BCUT2D eigenvalue weighted by Crippen LogP contribution is 2.17. The highest BCUT2D eigenvalue weighted by molar-refractivity contribution is 5.92. The maximum atomic E-state index is 12.0. The molecule has 1 heterocycles. The van der Waals surface area contributed by atoms with E-state index in [0.29, 0.717) is 19.5 Å². The molecule has 1 aliphatic rings. The van der Waals surface area contributed by atoms with Gasteiger partial charge in [0.1, 0.15) is 0 Å². The molecule has 0 aliphatic carbocycles. The Balaban J connectivity index is 1.86. The Morgan fingerprint density at radius 3 is 2.19 bits per heavy atom. The molecule has 1 N–H and O–H groups in total. The number of aliphatic hydroxyl groups excluding tert-OH is 1. The van der Waals surface area contributed by atoms with Gasteiger partial charge in [0.2, 0.25) is 11.8 Å². The van der Waals surface area contributed by atoms with Crippen molar-refractivity contribution in [3.05, 3.63) is 35.9 Å². The van der Waals surface area contributed by atoms with Crippen LogP contribution >= 0.6 is 0 Å². The minimum atomic E-state index is -0.609. The summed E-state index contributed by atoms with van der Waals surface area (Å²) in [6.07, 6.45) is 0.686. The third-order valence-corrected chi connectivity index (χ3v) is 3.71. The first kappa shape index (κ1) is 15.5. The number of aliphatic hydroxyl groups is 1. The fourth-order valence-corrected chi connectivity index (χ4v) is 2.50. The van der Waals surface area contributed by atoms with Crippen LogP contribution < -0.4 is 0 Å². The number of rotatable bonds is 6. The molecule has 1 aromatic carbocycles. The standard InChI is InChI=1S/C16H22N2O3/c1-2-9-17-11-16(21)18(12-15(17)20)10-8-14(19)13-6-4-3-5-7-13/h3-7,14,19H,2,8-12H2,1H3. The Kier molecular flexibility index (Phi) is 5.33. The molecule has 2 rings (SSSR count). The summed E-state index contributed by atoms with van der Waals surface area (Å²) in [6, 6.07) is 9.35. The molecule has 0 saturated carbocycles. The number of nitrogens with zero attached hydrogens (tertiary/aromatic N) is 2. The van der Waals surface area contributed by atoms with Gasteiger partial charge >= 0.3 is 0 Å². The largest absolute Gasteiger partial charge is 0.388 e. The minimum Gasteiger partial charge on any atom is -0.388 e. The van der Waals surface area contributed by atoms with Crippen LogP contribution in [-0.4, -0.2) is 52.9 Å². The lowest BCUT2D eigenvalue weighted by Gasteiger charge is -2.34. The number of amides is 2. The van der Waals surface area contributed by atoms with E-state index in [9.17, 15) is 14.7 Å². The van der Waals surface area contributed by atoms with Crippen LogP contribution in [0.15, 0.2) is 30.3 Å². The molecule has 5 heteroatoms. The molecule has 1 fully saturated rings. The lowest BCUT2D eigenvalue weighted by molar-refractivity contribution is -0.150. The molecule has 5 nitrogen and oxygen atoms in total. The van der Waals surface area contributed by atoms with E-state index in [1.165, 1.54) is 0 Å². The summed E-state index contributed by atoms with van der Waals surface area (Å²) in [5, 5.41) is 10.1. The average molecular weight is 290 g/mol. The van der Waals surface area contributed by atoms with Crippen molar-refractivity contribution in [2.75, 3.05) is 26.2 Å². The SMILES string of the molecule is CCCN1CC(=O)N(CCC(O)c2ccccc2)CC1=O. The second kappa shape index (κ2) is 7.22. The molecule has 0 aromatic heterocycles. The Bertz CT molecular complexity index is 490. The molecule has 1 atom stereocenters. The third kappa shape index (κ3) is 4.04. The summed E-state index contributed by atoms with van der Waals surface area (Å²) in [4.78, 5) is 27.1. The van der Waals surface area contributed by atoms with E-state index in [1.54, 1.807) is 9.80 Å². The Morgan fingerprint density at radius 2 is 1.62 bits per heavy atom. The average Bonchev–Trinajstić information content (AvgIpc) is 2.50. The fraction of sp³-hybridized carbons (Fsp3) is 0.500. The number of piperazine rings is 1. The fourth-order valence-electron chi connectivity index (χ4n) is 2.50. The van der Waals surface area contributed by atoms with Crippen molar-refractivity contribution in [2.24, 2.45) is 0 Å². The van der Waals surface area contributed by atoms with Crippen LogP contribution in [0.1, 0.15) is 31.4 Å². The number of benzene rings is 1. The molecule has 1 aromatic rings. The zero-order valence-corrected chi connectivity index (χ0v) is 12.4. The van der Waals surface area contributed by atoms with Gasteiger partial charge in [-0.15, -0.1) is 0 Å². The van der Waals surface area contributed by atoms with Crippen molar-refractivity contribution < 1.29 is 14.7 Å². The van der Waals surface area contributed by atoms with Gasteiger partial charge in [0.05, 0.1) is 19.2 Å². The highest BCUT2D eigenvalue weighted by Gasteiger charge is 2.29. The highest BCUT2D eigenvalue weighted by atomic mass is 16.3. The summed E-state index contributed by atoms with van der Waals surface area (Å²) in [7, 11) is 0. The molecule has 21 heavy (non-hydrogen) atoms. The Morgan fingerprint density at radius 1 is 1.05 bits per heavy atom. The summed E-state index contributed by atoms with van der Waals surface area (Å²) in [6.45, 7) is 3.31. The molecular formula is C16H22N2O3. The molecule has 0 spiro atoms. The van der Waals surface area contributed by atoms with Gasteiger partial charge in [0, 0.05) is 13.1 Å². The maximum Gasteiger partial charge on any atom is 0.242 e. The van der Waals surface area contributed by atoms with E-state index in [1.807, 2.05) is 37.3 Å². The number of hydrogen-bond acceptors (Lipinski definition) is 3. The van der Waals surface area contributed by atoms with Gasteiger partial charge in [-0.25, -0.2) is 0 Å². The number of carbonyl (C=O) groups excluding carboxylic acids is 2. The molecule has 1 saturated heterocycles. The monoisotopic (exact) mass is 290 g/mol. The molecule has 1 unspecified atom stereocenters. The smallest absolute Gasteiger partial charge is 0.242 e. The van der Waals surface area contributed by atoms with Crippen LogP contribution in [0.25, 0.3) is 0 Å². The van der Waals surface area contributed by atoms with Crippen LogP contribution in [0.2, 0.25) is 0 Å². The molecular weight excluding hydrogens is 268 g/mol. The van der Waals surface area contributed by atoms with Crippen molar-refractivity contribution in [1.82, 2.24) is 9.80 Å². The molecule has 0 radical (unpaired) electrons. The number of hydrogen-bond donors (Lipinski definition) is 1. The van der Waals surface area contributed by atoms with Crippen molar-refractivity contribution in [1.29, 1.82) is 0 Å². The zero-order valence-electron chi connectivity index (χ0n) is 12.4. The van der Waals surface area contributed by atoms with Crippen LogP contribution in [0.5, 0.6) is 0 Å². The first-order chi connectivity index (χ1) is 10.1. The lowest BCUT2D eigenvalue weighted by Crippen LogP contribution is -2.54. The predicted molar refractivity (Wildman–Crippen MR) is 79.5 cm³/mol. The summed E-state index contributed by atoms with van der Waals surface area (Å²) >= 11 is 0. The van der Waals surface area contributed by atoms with Gasteiger partial charge in [-0.3, -0.25) is 9.59 Å². The van der Waals surface area contributed by atoms with Gasteiger partial charge in [-0.05, 0) is 18.4 Å². The van der Waals surface area contributed by atoms with Crippen molar-refractivity contribution in [3.63, 3.8) is 0 Å². The number of carbonyl (C=O) groups is 2. The predicted octanol–water partition coefficient (Wildman–Crippen LogP) is 1.19. The van der Waals surface area contributed by atoms with E-state index < -0.39 is 6.10 Å². The first-order valence-electron chi connectivity index (χ1n) is 7.40. The van der Waals surface area contributed by atoms with Gasteiger partial charge < -0.3 is 14.9 Å². The molecule has 2 amide bonds. The Labute approximate surface area is 125 Å². The summed E-state index contributed by atoms with van der Waals surface area (Å²) in [5.74, 6) is -0.0473. The zero-order chi connectivity index (χ0) is 15.2. The summed E-state index contributed by atoms with van der Waals surface area (Å²) in [5.41, 5.74) is 0.834. The van der Waals surface area contributed by atoms with Gasteiger partial charge in [-0.1, -0.05) is 37.3 Å². The molecule has 1 aliphatic heterocycles. The van der Waals surface area contributed by atoms with Crippen LogP contribution in [0, 0.1) is 0 Å².